The summed E-state index contributed by atoms with van der Waals surface area (Å²) >= 11 is 0. The number of halogens is 3. The molecule has 0 saturated carbocycles. The molecule has 1 aliphatic rings. The van der Waals surface area contributed by atoms with Gasteiger partial charge in [0.15, 0.2) is 0 Å². The van der Waals surface area contributed by atoms with Gasteiger partial charge in [-0.25, -0.2) is 0 Å². The minimum Gasteiger partial charge on any atom is -0.385 e. The number of benzene rings is 1. The molecule has 1 heterocycles. The molecular weight excluding hydrogens is 279 g/mol. The third-order valence-corrected chi connectivity index (χ3v) is 3.76. The minimum atomic E-state index is -4.51. The maximum Gasteiger partial charge on any atom is 0.417 e. The van der Waals surface area contributed by atoms with Crippen molar-refractivity contribution in [3.05, 3.63) is 29.3 Å². The van der Waals surface area contributed by atoms with Crippen LogP contribution in [0, 0.1) is 17.2 Å². The molecule has 1 N–H and O–H groups in total. The number of nitrogens with zero attached hydrogens (tertiary/aromatic N) is 2. The summed E-state index contributed by atoms with van der Waals surface area (Å²) in [5, 5.41) is 11.8. The normalized spacial score (nSPS) is 20.0. The molecule has 6 heteroatoms. The topological polar surface area (TPSA) is 39.1 Å². The number of likely N-dealkylation sites (tertiary alicyclic amines) is 1. The Bertz CT molecular complexity index is 534. The van der Waals surface area contributed by atoms with Gasteiger partial charge in [0.05, 0.1) is 17.2 Å². The molecule has 0 amide bonds. The predicted octanol–water partition coefficient (Wildman–Crippen LogP) is 3.33. The summed E-state index contributed by atoms with van der Waals surface area (Å²) in [5.41, 5.74) is -0.809. The molecule has 1 atom stereocenters. The van der Waals surface area contributed by atoms with Crippen LogP contribution >= 0.6 is 0 Å². The van der Waals surface area contributed by atoms with Crippen LogP contribution < -0.4 is 5.32 Å². The van der Waals surface area contributed by atoms with E-state index in [1.165, 1.54) is 12.1 Å². The lowest BCUT2D eigenvalue weighted by Gasteiger charge is -2.30. The molecule has 1 aliphatic heterocycles. The van der Waals surface area contributed by atoms with Crippen LogP contribution in [-0.2, 0) is 6.18 Å². The predicted molar refractivity (Wildman–Crippen MR) is 74.9 cm³/mol. The first kappa shape index (κ1) is 15.6. The minimum absolute atomic E-state index is 0.342. The number of anilines is 1. The van der Waals surface area contributed by atoms with Gasteiger partial charge < -0.3 is 10.2 Å². The van der Waals surface area contributed by atoms with Crippen molar-refractivity contribution in [2.45, 2.75) is 19.0 Å². The number of nitrogens with one attached hydrogen (secondary N) is 1. The zero-order chi connectivity index (χ0) is 15.5. The molecule has 1 unspecified atom stereocenters. The summed E-state index contributed by atoms with van der Waals surface area (Å²) in [6, 6.07) is 5.35. The molecular formula is C15H18F3N3. The highest BCUT2D eigenvalue weighted by molar-refractivity contribution is 5.53. The highest BCUT2D eigenvalue weighted by Crippen LogP contribution is 2.33. The average molecular weight is 297 g/mol. The SMILES string of the molecule is CN1CCCC(CNc2ccc(C#N)c(C(F)(F)F)c2)C1. The van der Waals surface area contributed by atoms with Crippen LogP contribution in [0.3, 0.4) is 0 Å². The second-order valence-corrected chi connectivity index (χ2v) is 5.52. The molecule has 1 aromatic rings. The monoisotopic (exact) mass is 297 g/mol. The van der Waals surface area contributed by atoms with Gasteiger partial charge in [0.2, 0.25) is 0 Å². The fraction of sp³-hybridized carbons (Fsp3) is 0.533. The van der Waals surface area contributed by atoms with Gasteiger partial charge in [-0.15, -0.1) is 0 Å². The molecule has 0 spiro atoms. The third kappa shape index (κ3) is 4.11. The lowest BCUT2D eigenvalue weighted by molar-refractivity contribution is -0.137. The number of rotatable bonds is 3. The van der Waals surface area contributed by atoms with Crippen molar-refractivity contribution in [3.63, 3.8) is 0 Å². The van der Waals surface area contributed by atoms with Crippen molar-refractivity contribution >= 4 is 5.69 Å². The Kier molecular flexibility index (Phi) is 4.73. The first-order valence-corrected chi connectivity index (χ1v) is 6.94. The lowest BCUT2D eigenvalue weighted by Crippen LogP contribution is -2.35. The van der Waals surface area contributed by atoms with E-state index < -0.39 is 11.7 Å². The van der Waals surface area contributed by atoms with Gasteiger partial charge in [-0.1, -0.05) is 0 Å². The highest BCUT2D eigenvalue weighted by Gasteiger charge is 2.33. The second kappa shape index (κ2) is 6.35. The first-order chi connectivity index (χ1) is 9.90. The standard InChI is InChI=1S/C15H18F3N3/c1-21-6-2-3-11(10-21)9-20-13-5-4-12(8-19)14(7-13)15(16,17)18/h4-5,7,11,20H,2-3,6,9-10H2,1H3. The summed E-state index contributed by atoms with van der Waals surface area (Å²) < 4.78 is 38.6. The van der Waals surface area contributed by atoms with Gasteiger partial charge in [0, 0.05) is 18.8 Å². The molecule has 21 heavy (non-hydrogen) atoms. The van der Waals surface area contributed by atoms with E-state index in [9.17, 15) is 13.2 Å². The maximum absolute atomic E-state index is 12.9. The molecule has 0 aromatic heterocycles. The van der Waals surface area contributed by atoms with Crippen LogP contribution in [0.4, 0.5) is 18.9 Å². The second-order valence-electron chi connectivity index (χ2n) is 5.52. The van der Waals surface area contributed by atoms with Crippen LogP contribution in [-0.4, -0.2) is 31.6 Å². The van der Waals surface area contributed by atoms with Gasteiger partial charge in [-0.3, -0.25) is 0 Å². The number of hydrogen-bond acceptors (Lipinski definition) is 3. The van der Waals surface area contributed by atoms with E-state index in [1.54, 1.807) is 6.07 Å². The Labute approximate surface area is 122 Å². The van der Waals surface area contributed by atoms with Crippen molar-refractivity contribution in [2.24, 2.45) is 5.92 Å². The van der Waals surface area contributed by atoms with E-state index in [-0.39, 0.29) is 5.56 Å². The van der Waals surface area contributed by atoms with Crippen LogP contribution in [0.5, 0.6) is 0 Å². The smallest absolute Gasteiger partial charge is 0.385 e. The molecule has 1 fully saturated rings. The Hall–Kier alpha value is -1.74. The van der Waals surface area contributed by atoms with Crippen molar-refractivity contribution in [3.8, 4) is 6.07 Å². The van der Waals surface area contributed by atoms with Gasteiger partial charge in [-0.05, 0) is 50.6 Å². The Balaban J connectivity index is 2.06. The number of hydrogen-bond donors (Lipinski definition) is 1. The fourth-order valence-electron chi connectivity index (χ4n) is 2.69. The molecule has 114 valence electrons. The Morgan fingerprint density at radius 2 is 2.19 bits per heavy atom. The number of piperidine rings is 1. The van der Waals surface area contributed by atoms with E-state index in [1.807, 2.05) is 0 Å². The Morgan fingerprint density at radius 3 is 2.81 bits per heavy atom. The van der Waals surface area contributed by atoms with Gasteiger partial charge in [-0.2, -0.15) is 18.4 Å². The van der Waals surface area contributed by atoms with E-state index in [0.717, 1.165) is 32.0 Å². The molecule has 0 radical (unpaired) electrons. The van der Waals surface area contributed by atoms with E-state index in [0.29, 0.717) is 18.2 Å². The van der Waals surface area contributed by atoms with Crippen molar-refractivity contribution in [1.82, 2.24) is 4.90 Å². The van der Waals surface area contributed by atoms with E-state index >= 15 is 0 Å². The van der Waals surface area contributed by atoms with Crippen molar-refractivity contribution < 1.29 is 13.2 Å². The first-order valence-electron chi connectivity index (χ1n) is 6.94. The van der Waals surface area contributed by atoms with Crippen LogP contribution in [0.25, 0.3) is 0 Å². The zero-order valence-corrected chi connectivity index (χ0v) is 11.9. The molecule has 1 saturated heterocycles. The van der Waals surface area contributed by atoms with Crippen molar-refractivity contribution in [1.29, 1.82) is 5.26 Å². The van der Waals surface area contributed by atoms with E-state index in [2.05, 4.69) is 17.3 Å². The summed E-state index contributed by atoms with van der Waals surface area (Å²) in [7, 11) is 2.05. The molecule has 2 rings (SSSR count). The molecule has 0 bridgehead atoms. The lowest BCUT2D eigenvalue weighted by atomic mass is 9.98. The largest absolute Gasteiger partial charge is 0.417 e. The fourth-order valence-corrected chi connectivity index (χ4v) is 2.69. The number of nitriles is 1. The van der Waals surface area contributed by atoms with Crippen LogP contribution in [0.1, 0.15) is 24.0 Å². The summed E-state index contributed by atoms with van der Waals surface area (Å²) in [6.07, 6.45) is -2.31. The van der Waals surface area contributed by atoms with Crippen LogP contribution in [0.15, 0.2) is 18.2 Å². The third-order valence-electron chi connectivity index (χ3n) is 3.76. The van der Waals surface area contributed by atoms with E-state index in [4.69, 9.17) is 5.26 Å². The van der Waals surface area contributed by atoms with Gasteiger partial charge in [0.25, 0.3) is 0 Å². The summed E-state index contributed by atoms with van der Waals surface area (Å²) in [5.74, 6) is 0.439. The molecule has 0 aliphatic carbocycles. The average Bonchev–Trinajstić information content (AvgIpc) is 2.44. The molecule has 1 aromatic carbocycles. The maximum atomic E-state index is 12.9. The van der Waals surface area contributed by atoms with Gasteiger partial charge >= 0.3 is 6.18 Å². The van der Waals surface area contributed by atoms with Crippen LogP contribution in [0.2, 0.25) is 0 Å². The summed E-state index contributed by atoms with van der Waals surface area (Å²) in [4.78, 5) is 2.23. The van der Waals surface area contributed by atoms with Crippen molar-refractivity contribution in [2.75, 3.05) is 32.0 Å². The van der Waals surface area contributed by atoms with Gasteiger partial charge in [0.1, 0.15) is 0 Å². The molecule has 3 nitrogen and oxygen atoms in total. The highest BCUT2D eigenvalue weighted by atomic mass is 19.4. The zero-order valence-electron chi connectivity index (χ0n) is 11.9. The Morgan fingerprint density at radius 1 is 1.43 bits per heavy atom. The summed E-state index contributed by atoms with van der Waals surface area (Å²) in [6.45, 7) is 2.68. The number of alkyl halides is 3. The quantitative estimate of drug-likeness (QED) is 0.930.